The third kappa shape index (κ3) is 1.35. The second-order valence-corrected chi connectivity index (χ2v) is 4.31. The summed E-state index contributed by atoms with van der Waals surface area (Å²) in [6.07, 6.45) is -1.69. The highest BCUT2D eigenvalue weighted by molar-refractivity contribution is 5.63. The Balaban J connectivity index is 2.31. The van der Waals surface area contributed by atoms with E-state index in [0.717, 1.165) is 0 Å². The van der Waals surface area contributed by atoms with Gasteiger partial charge in [-0.05, 0) is 16.7 Å². The van der Waals surface area contributed by atoms with E-state index in [9.17, 15) is 10.2 Å². The van der Waals surface area contributed by atoms with Gasteiger partial charge >= 0.3 is 5.69 Å². The van der Waals surface area contributed by atoms with Gasteiger partial charge in [-0.1, -0.05) is 36.4 Å². The van der Waals surface area contributed by atoms with Crippen molar-refractivity contribution in [2.45, 2.75) is 12.2 Å². The highest BCUT2D eigenvalue weighted by Gasteiger charge is 2.35. The SMILES string of the molecule is N#[N+]c1cccc2c1C(O)c1ccccc1C2O. The summed E-state index contributed by atoms with van der Waals surface area (Å²) in [6, 6.07) is 12.2. The molecule has 0 radical (unpaired) electrons. The van der Waals surface area contributed by atoms with E-state index in [1.165, 1.54) is 0 Å². The molecule has 1 aliphatic rings. The van der Waals surface area contributed by atoms with E-state index < -0.39 is 12.2 Å². The minimum Gasteiger partial charge on any atom is -0.384 e. The monoisotopic (exact) mass is 239 g/mol. The number of nitrogens with zero attached hydrogens (tertiary/aromatic N) is 2. The lowest BCUT2D eigenvalue weighted by molar-refractivity contribution is 0.174. The van der Waals surface area contributed by atoms with Crippen molar-refractivity contribution in [1.29, 1.82) is 5.39 Å². The molecule has 1 aliphatic carbocycles. The average Bonchev–Trinajstić information content (AvgIpc) is 2.44. The minimum atomic E-state index is -0.883. The van der Waals surface area contributed by atoms with Crippen LogP contribution in [-0.4, -0.2) is 10.2 Å². The molecule has 4 heteroatoms. The van der Waals surface area contributed by atoms with Gasteiger partial charge in [0.2, 0.25) is 5.39 Å². The molecule has 0 bridgehead atoms. The molecule has 0 spiro atoms. The first-order valence-electron chi connectivity index (χ1n) is 5.67. The normalized spacial score (nSPS) is 20.7. The average molecular weight is 239 g/mol. The number of hydrogen-bond acceptors (Lipinski definition) is 3. The van der Waals surface area contributed by atoms with Crippen LogP contribution in [0, 0.1) is 5.39 Å². The van der Waals surface area contributed by atoms with E-state index in [0.29, 0.717) is 22.3 Å². The highest BCUT2D eigenvalue weighted by Crippen LogP contribution is 2.44. The number of fused-ring (bicyclic) bond motifs is 2. The predicted octanol–water partition coefficient (Wildman–Crippen LogP) is 2.65. The fourth-order valence-electron chi connectivity index (χ4n) is 2.53. The van der Waals surface area contributed by atoms with E-state index in [1.54, 1.807) is 36.4 Å². The second kappa shape index (κ2) is 3.91. The summed E-state index contributed by atoms with van der Waals surface area (Å²) in [5.74, 6) is 0. The van der Waals surface area contributed by atoms with Crippen LogP contribution in [0.5, 0.6) is 0 Å². The van der Waals surface area contributed by atoms with Crippen LogP contribution >= 0.6 is 0 Å². The van der Waals surface area contributed by atoms with E-state index in [1.807, 2.05) is 6.07 Å². The predicted molar refractivity (Wildman–Crippen MR) is 65.8 cm³/mol. The topological polar surface area (TPSA) is 68.6 Å². The molecule has 0 heterocycles. The standard InChI is InChI=1S/C14H11N2O2/c15-16-11-7-3-6-10-12(11)14(18)9-5-2-1-4-8(9)13(10)17/h1-7,13-14,17-18H/q+1. The summed E-state index contributed by atoms with van der Waals surface area (Å²) < 4.78 is 0. The van der Waals surface area contributed by atoms with Crippen molar-refractivity contribution in [1.82, 2.24) is 0 Å². The third-order valence-electron chi connectivity index (χ3n) is 3.38. The second-order valence-electron chi connectivity index (χ2n) is 4.31. The Kier molecular flexibility index (Phi) is 2.37. The van der Waals surface area contributed by atoms with Crippen LogP contribution in [0.4, 0.5) is 5.69 Å². The van der Waals surface area contributed by atoms with E-state index >= 15 is 0 Å². The largest absolute Gasteiger partial charge is 0.391 e. The van der Waals surface area contributed by atoms with Crippen LogP contribution < -0.4 is 0 Å². The molecule has 2 atom stereocenters. The van der Waals surface area contributed by atoms with Crippen molar-refractivity contribution in [3.63, 3.8) is 0 Å². The van der Waals surface area contributed by atoms with Crippen LogP contribution in [-0.2, 0) is 0 Å². The zero-order valence-electron chi connectivity index (χ0n) is 9.49. The first kappa shape index (κ1) is 10.9. The van der Waals surface area contributed by atoms with Gasteiger partial charge in [0.05, 0.1) is 5.56 Å². The first-order chi connectivity index (χ1) is 8.74. The molecule has 4 nitrogen and oxygen atoms in total. The van der Waals surface area contributed by atoms with Crippen LogP contribution in [0.25, 0.3) is 4.98 Å². The Labute approximate surface area is 104 Å². The van der Waals surface area contributed by atoms with Crippen LogP contribution in [0.15, 0.2) is 42.5 Å². The molecule has 0 aliphatic heterocycles. The zero-order chi connectivity index (χ0) is 12.7. The van der Waals surface area contributed by atoms with E-state index in [4.69, 9.17) is 5.39 Å². The van der Waals surface area contributed by atoms with Gasteiger partial charge < -0.3 is 10.2 Å². The van der Waals surface area contributed by atoms with Gasteiger partial charge in [0.1, 0.15) is 12.2 Å². The number of aliphatic hydroxyl groups excluding tert-OH is 2. The Bertz CT molecular complexity index is 661. The molecule has 88 valence electrons. The van der Waals surface area contributed by atoms with Gasteiger partial charge in [0.25, 0.3) is 0 Å². The summed E-state index contributed by atoms with van der Waals surface area (Å²) in [4.78, 5) is 3.17. The van der Waals surface area contributed by atoms with Crippen molar-refractivity contribution >= 4 is 5.69 Å². The fourth-order valence-corrected chi connectivity index (χ4v) is 2.53. The minimum absolute atomic E-state index is 0.286. The summed E-state index contributed by atoms with van der Waals surface area (Å²) in [7, 11) is 0. The molecule has 0 fully saturated rings. The smallest absolute Gasteiger partial charge is 0.384 e. The summed E-state index contributed by atoms with van der Waals surface area (Å²) in [5.41, 5.74) is 2.66. The van der Waals surface area contributed by atoms with Crippen LogP contribution in [0.3, 0.4) is 0 Å². The maximum atomic E-state index is 10.4. The Morgan fingerprint density at radius 3 is 2.11 bits per heavy atom. The number of rotatable bonds is 0. The van der Waals surface area contributed by atoms with Crippen molar-refractivity contribution < 1.29 is 10.2 Å². The van der Waals surface area contributed by atoms with Gasteiger partial charge in [0, 0.05) is 6.07 Å². The van der Waals surface area contributed by atoms with Gasteiger partial charge in [-0.3, -0.25) is 0 Å². The van der Waals surface area contributed by atoms with Crippen molar-refractivity contribution in [2.75, 3.05) is 0 Å². The van der Waals surface area contributed by atoms with Gasteiger partial charge in [-0.15, -0.1) is 0 Å². The summed E-state index contributed by atoms with van der Waals surface area (Å²) >= 11 is 0. The van der Waals surface area contributed by atoms with E-state index in [2.05, 4.69) is 4.98 Å². The third-order valence-corrected chi connectivity index (χ3v) is 3.38. The molecule has 0 saturated heterocycles. The lowest BCUT2D eigenvalue weighted by Gasteiger charge is -2.27. The maximum Gasteiger partial charge on any atom is 0.391 e. The molecule has 0 saturated carbocycles. The molecule has 2 aromatic rings. The van der Waals surface area contributed by atoms with Gasteiger partial charge in [0.15, 0.2) is 4.98 Å². The zero-order valence-corrected chi connectivity index (χ0v) is 9.49. The molecule has 2 unspecified atom stereocenters. The highest BCUT2D eigenvalue weighted by atomic mass is 16.3. The lowest BCUT2D eigenvalue weighted by atomic mass is 9.81. The number of aliphatic hydroxyl groups is 2. The molecular weight excluding hydrogens is 228 g/mol. The molecular formula is C14H11N2O2+. The van der Waals surface area contributed by atoms with Crippen LogP contribution in [0.1, 0.15) is 34.5 Å². The quantitative estimate of drug-likeness (QED) is 0.694. The maximum absolute atomic E-state index is 10.4. The Morgan fingerprint density at radius 1 is 0.833 bits per heavy atom. The lowest BCUT2D eigenvalue weighted by Crippen LogP contribution is -2.17. The van der Waals surface area contributed by atoms with Crippen molar-refractivity contribution in [3.05, 3.63) is 69.7 Å². The Hall–Kier alpha value is -2.22. The molecule has 2 N–H and O–H groups in total. The van der Waals surface area contributed by atoms with Gasteiger partial charge in [-0.25, -0.2) is 0 Å². The number of diazo groups is 1. The molecule has 3 rings (SSSR count). The summed E-state index contributed by atoms with van der Waals surface area (Å²) in [6.45, 7) is 0. The molecule has 0 aromatic heterocycles. The fraction of sp³-hybridized carbons (Fsp3) is 0.143. The van der Waals surface area contributed by atoms with Crippen molar-refractivity contribution in [2.24, 2.45) is 0 Å². The number of hydrogen-bond donors (Lipinski definition) is 2. The Morgan fingerprint density at radius 2 is 1.44 bits per heavy atom. The van der Waals surface area contributed by atoms with E-state index in [-0.39, 0.29) is 5.69 Å². The van der Waals surface area contributed by atoms with Gasteiger partial charge in [-0.2, -0.15) is 0 Å². The first-order valence-corrected chi connectivity index (χ1v) is 5.67. The van der Waals surface area contributed by atoms with Crippen LogP contribution in [0.2, 0.25) is 0 Å². The molecule has 18 heavy (non-hydrogen) atoms. The molecule has 0 amide bonds. The summed E-state index contributed by atoms with van der Waals surface area (Å²) in [5, 5.41) is 29.7. The molecule has 2 aromatic carbocycles. The van der Waals surface area contributed by atoms with Crippen molar-refractivity contribution in [3.8, 4) is 0 Å². The number of benzene rings is 2.